The summed E-state index contributed by atoms with van der Waals surface area (Å²) in [6.07, 6.45) is 0.971. The molecule has 3 rings (SSSR count). The lowest BCUT2D eigenvalue weighted by Crippen LogP contribution is -2.31. The van der Waals surface area contributed by atoms with E-state index in [1.807, 2.05) is 49.4 Å². The maximum Gasteiger partial charge on any atom is 0.359 e. The summed E-state index contributed by atoms with van der Waals surface area (Å²) in [5.41, 5.74) is 3.16. The molecule has 0 unspecified atom stereocenters. The second-order valence-corrected chi connectivity index (χ2v) is 6.08. The summed E-state index contributed by atoms with van der Waals surface area (Å²) in [5, 5.41) is 10.2. The number of carbonyl (C=O) groups is 2. The molecule has 0 spiro atoms. The monoisotopic (exact) mass is 351 g/mol. The summed E-state index contributed by atoms with van der Waals surface area (Å²) >= 11 is 0. The fourth-order valence-corrected chi connectivity index (χ4v) is 2.73. The first-order chi connectivity index (χ1) is 12.6. The topological polar surface area (TPSA) is 84.1 Å². The van der Waals surface area contributed by atoms with Gasteiger partial charge < -0.3 is 10.1 Å². The molecule has 0 saturated heterocycles. The van der Waals surface area contributed by atoms with Crippen molar-refractivity contribution < 1.29 is 14.3 Å². The first-order valence-electron chi connectivity index (χ1n) is 8.57. The highest BCUT2D eigenvalue weighted by Gasteiger charge is 2.17. The molecular weight excluding hydrogens is 330 g/mol. The van der Waals surface area contributed by atoms with Crippen molar-refractivity contribution in [3.63, 3.8) is 0 Å². The number of aryl methyl sites for hydroxylation is 1. The van der Waals surface area contributed by atoms with Crippen LogP contribution in [0.4, 0.5) is 0 Å². The number of aromatic amines is 1. The number of hydrogen-bond acceptors (Lipinski definition) is 4. The number of amides is 1. The van der Waals surface area contributed by atoms with Gasteiger partial charge >= 0.3 is 5.97 Å². The highest BCUT2D eigenvalue weighted by molar-refractivity contribution is 6.02. The SMILES string of the molecule is CCc1ccc([C@H](C)NC(=O)COC(=O)c2n[nH]c3ccccc23)cc1. The molecule has 1 amide bonds. The molecule has 26 heavy (non-hydrogen) atoms. The Hall–Kier alpha value is -3.15. The molecule has 0 fully saturated rings. The van der Waals surface area contributed by atoms with Crippen LogP contribution in [-0.4, -0.2) is 28.7 Å². The predicted octanol–water partition coefficient (Wildman–Crippen LogP) is 3.16. The number of rotatable bonds is 6. The lowest BCUT2D eigenvalue weighted by atomic mass is 10.1. The number of fused-ring (bicyclic) bond motifs is 1. The van der Waals surface area contributed by atoms with Gasteiger partial charge in [-0.15, -0.1) is 0 Å². The van der Waals surface area contributed by atoms with Crippen LogP contribution in [0.3, 0.4) is 0 Å². The average molecular weight is 351 g/mol. The van der Waals surface area contributed by atoms with E-state index in [1.54, 1.807) is 6.07 Å². The van der Waals surface area contributed by atoms with Gasteiger partial charge in [0.25, 0.3) is 5.91 Å². The van der Waals surface area contributed by atoms with Crippen molar-refractivity contribution in [1.29, 1.82) is 0 Å². The number of carbonyl (C=O) groups excluding carboxylic acids is 2. The van der Waals surface area contributed by atoms with E-state index in [9.17, 15) is 9.59 Å². The van der Waals surface area contributed by atoms with Crippen LogP contribution in [0, 0.1) is 0 Å². The molecule has 134 valence electrons. The highest BCUT2D eigenvalue weighted by atomic mass is 16.5. The number of benzene rings is 2. The Morgan fingerprint density at radius 2 is 1.88 bits per heavy atom. The number of esters is 1. The van der Waals surface area contributed by atoms with Gasteiger partial charge in [0.2, 0.25) is 0 Å². The molecule has 3 aromatic rings. The minimum absolute atomic E-state index is 0.168. The summed E-state index contributed by atoms with van der Waals surface area (Å²) in [6.45, 7) is 3.64. The Morgan fingerprint density at radius 3 is 2.62 bits per heavy atom. The largest absolute Gasteiger partial charge is 0.451 e. The molecular formula is C20H21N3O3. The molecule has 0 aliphatic heterocycles. The normalized spacial score (nSPS) is 11.9. The van der Waals surface area contributed by atoms with E-state index in [1.165, 1.54) is 5.56 Å². The summed E-state index contributed by atoms with van der Waals surface area (Å²) in [7, 11) is 0. The molecule has 1 atom stereocenters. The Balaban J connectivity index is 1.55. The van der Waals surface area contributed by atoms with Gasteiger partial charge in [-0.3, -0.25) is 9.89 Å². The Bertz CT molecular complexity index is 915. The first-order valence-corrected chi connectivity index (χ1v) is 8.57. The van der Waals surface area contributed by atoms with Crippen molar-refractivity contribution in [2.24, 2.45) is 0 Å². The number of nitrogens with one attached hydrogen (secondary N) is 2. The zero-order valence-corrected chi connectivity index (χ0v) is 14.8. The van der Waals surface area contributed by atoms with Crippen LogP contribution < -0.4 is 5.32 Å². The van der Waals surface area contributed by atoms with Crippen LogP contribution in [0.25, 0.3) is 10.9 Å². The Morgan fingerprint density at radius 1 is 1.15 bits per heavy atom. The lowest BCUT2D eigenvalue weighted by molar-refractivity contribution is -0.124. The van der Waals surface area contributed by atoms with E-state index in [2.05, 4.69) is 22.4 Å². The molecule has 0 aliphatic rings. The highest BCUT2D eigenvalue weighted by Crippen LogP contribution is 2.16. The lowest BCUT2D eigenvalue weighted by Gasteiger charge is -2.14. The number of H-pyrrole nitrogens is 1. The summed E-state index contributed by atoms with van der Waals surface area (Å²) < 4.78 is 5.10. The number of aromatic nitrogens is 2. The fourth-order valence-electron chi connectivity index (χ4n) is 2.73. The predicted molar refractivity (Wildman–Crippen MR) is 98.8 cm³/mol. The molecule has 6 nitrogen and oxygen atoms in total. The smallest absolute Gasteiger partial charge is 0.359 e. The average Bonchev–Trinajstić information content (AvgIpc) is 3.10. The van der Waals surface area contributed by atoms with Crippen molar-refractivity contribution >= 4 is 22.8 Å². The third kappa shape index (κ3) is 3.91. The zero-order valence-electron chi connectivity index (χ0n) is 14.8. The van der Waals surface area contributed by atoms with E-state index < -0.39 is 5.97 Å². The van der Waals surface area contributed by atoms with Gasteiger partial charge in [0.05, 0.1) is 11.6 Å². The van der Waals surface area contributed by atoms with E-state index in [0.717, 1.165) is 17.5 Å². The van der Waals surface area contributed by atoms with Gasteiger partial charge in [0.15, 0.2) is 12.3 Å². The van der Waals surface area contributed by atoms with Crippen LogP contribution >= 0.6 is 0 Å². The molecule has 0 saturated carbocycles. The molecule has 0 radical (unpaired) electrons. The Kier molecular flexibility index (Phi) is 5.31. The molecule has 1 heterocycles. The maximum atomic E-state index is 12.2. The van der Waals surface area contributed by atoms with Gasteiger partial charge in [-0.25, -0.2) is 4.79 Å². The first kappa shape index (κ1) is 17.7. The maximum absolute atomic E-state index is 12.2. The molecule has 2 aromatic carbocycles. The van der Waals surface area contributed by atoms with Crippen LogP contribution in [0.1, 0.15) is 41.5 Å². The van der Waals surface area contributed by atoms with Crippen molar-refractivity contribution in [1.82, 2.24) is 15.5 Å². The summed E-state index contributed by atoms with van der Waals surface area (Å²) in [5.74, 6) is -0.984. The summed E-state index contributed by atoms with van der Waals surface area (Å²) in [4.78, 5) is 24.2. The summed E-state index contributed by atoms with van der Waals surface area (Å²) in [6, 6.07) is 15.1. The van der Waals surface area contributed by atoms with Gasteiger partial charge in [0, 0.05) is 5.39 Å². The van der Waals surface area contributed by atoms with Crippen molar-refractivity contribution in [3.8, 4) is 0 Å². The molecule has 2 N–H and O–H groups in total. The van der Waals surface area contributed by atoms with Gasteiger partial charge in [-0.05, 0) is 30.5 Å². The number of nitrogens with zero attached hydrogens (tertiary/aromatic N) is 1. The van der Waals surface area contributed by atoms with Crippen LogP contribution in [0.2, 0.25) is 0 Å². The fraction of sp³-hybridized carbons (Fsp3) is 0.250. The van der Waals surface area contributed by atoms with Crippen LogP contribution in [0.15, 0.2) is 48.5 Å². The number of hydrogen-bond donors (Lipinski definition) is 2. The van der Waals surface area contributed by atoms with E-state index in [-0.39, 0.29) is 24.2 Å². The third-order valence-electron chi connectivity index (χ3n) is 4.26. The Labute approximate surface area is 151 Å². The van der Waals surface area contributed by atoms with E-state index in [0.29, 0.717) is 5.39 Å². The standard InChI is InChI=1S/C20H21N3O3/c1-3-14-8-10-15(11-9-14)13(2)21-18(24)12-26-20(25)19-16-6-4-5-7-17(16)22-23-19/h4-11,13H,3,12H2,1-2H3,(H,21,24)(H,22,23)/t13-/m0/s1. The van der Waals surface area contributed by atoms with Gasteiger partial charge in [0.1, 0.15) is 0 Å². The molecule has 1 aromatic heterocycles. The number of para-hydroxylation sites is 1. The molecule has 6 heteroatoms. The quantitative estimate of drug-likeness (QED) is 0.668. The van der Waals surface area contributed by atoms with Gasteiger partial charge in [-0.2, -0.15) is 5.10 Å². The van der Waals surface area contributed by atoms with Crippen LogP contribution in [-0.2, 0) is 16.0 Å². The zero-order chi connectivity index (χ0) is 18.5. The van der Waals surface area contributed by atoms with E-state index >= 15 is 0 Å². The third-order valence-corrected chi connectivity index (χ3v) is 4.26. The van der Waals surface area contributed by atoms with Crippen LogP contribution in [0.5, 0.6) is 0 Å². The van der Waals surface area contributed by atoms with Crippen molar-refractivity contribution in [2.75, 3.05) is 6.61 Å². The second-order valence-electron chi connectivity index (χ2n) is 6.08. The van der Waals surface area contributed by atoms with Crippen molar-refractivity contribution in [2.45, 2.75) is 26.3 Å². The second kappa shape index (κ2) is 7.82. The minimum atomic E-state index is -0.627. The van der Waals surface area contributed by atoms with Gasteiger partial charge in [-0.1, -0.05) is 49.4 Å². The minimum Gasteiger partial charge on any atom is -0.451 e. The number of ether oxygens (including phenoxy) is 1. The van der Waals surface area contributed by atoms with Crippen molar-refractivity contribution in [3.05, 3.63) is 65.4 Å². The van der Waals surface area contributed by atoms with E-state index in [4.69, 9.17) is 4.74 Å². The molecule has 0 bridgehead atoms. The molecule has 0 aliphatic carbocycles.